The summed E-state index contributed by atoms with van der Waals surface area (Å²) in [5.74, 6) is -0.313. The van der Waals surface area contributed by atoms with Gasteiger partial charge in [0.1, 0.15) is 5.75 Å². The normalized spacial score (nSPS) is 11.4. The Balaban J connectivity index is 0.00000180. The predicted molar refractivity (Wildman–Crippen MR) is 69.8 cm³/mol. The van der Waals surface area contributed by atoms with Gasteiger partial charge >= 0.3 is 6.36 Å². The van der Waals surface area contributed by atoms with Gasteiger partial charge in [0.25, 0.3) is 0 Å². The average molecular weight is 359 g/mol. The van der Waals surface area contributed by atoms with Gasteiger partial charge in [-0.05, 0) is 18.2 Å². The zero-order chi connectivity index (χ0) is 13.3. The van der Waals surface area contributed by atoms with Crippen molar-refractivity contribution in [3.63, 3.8) is 0 Å². The lowest BCUT2D eigenvalue weighted by atomic mass is 10.3. The summed E-state index contributed by atoms with van der Waals surface area (Å²) in [7, 11) is 0. The fourth-order valence-electron chi connectivity index (χ4n) is 1.59. The van der Waals surface area contributed by atoms with Crippen LogP contribution in [0, 0.1) is 5.41 Å². The molecule has 1 heterocycles. The third kappa shape index (κ3) is 3.71. The van der Waals surface area contributed by atoms with Crippen molar-refractivity contribution in [2.45, 2.75) is 12.9 Å². The molecule has 0 amide bonds. The number of alkyl halides is 3. The molecule has 4 nitrogen and oxygen atoms in total. The Bertz CT molecular complexity index is 623. The smallest absolute Gasteiger partial charge is 0.406 e. The number of rotatable bonds is 3. The Labute approximate surface area is 120 Å². The number of nitrogens with one attached hydrogen (secondary N) is 1. The van der Waals surface area contributed by atoms with Crippen LogP contribution in [-0.2, 0) is 6.54 Å². The van der Waals surface area contributed by atoms with Gasteiger partial charge in [-0.1, -0.05) is 11.3 Å². The first-order chi connectivity index (χ1) is 8.40. The minimum absolute atomic E-state index is 0. The van der Waals surface area contributed by atoms with Crippen LogP contribution in [0.15, 0.2) is 18.2 Å². The van der Waals surface area contributed by atoms with Crippen LogP contribution in [0.4, 0.5) is 13.2 Å². The van der Waals surface area contributed by atoms with Crippen molar-refractivity contribution in [1.29, 1.82) is 5.41 Å². The van der Waals surface area contributed by atoms with Crippen LogP contribution in [0.5, 0.6) is 5.75 Å². The molecule has 0 bridgehead atoms. The molecule has 2 aromatic rings. The fourth-order valence-corrected chi connectivity index (χ4v) is 2.55. The lowest BCUT2D eigenvalue weighted by Crippen LogP contribution is -2.17. The first kappa shape index (κ1) is 16.0. The lowest BCUT2D eigenvalue weighted by molar-refractivity contribution is -0.274. The van der Waals surface area contributed by atoms with E-state index in [1.807, 2.05) is 0 Å². The SMILES string of the molecule is Br.N=c1sc2cc(OC(F)(F)F)ccc2n1CCO. The number of nitrogens with zero attached hydrogens (tertiary/aromatic N) is 1. The van der Waals surface area contributed by atoms with E-state index in [9.17, 15) is 13.2 Å². The third-order valence-electron chi connectivity index (χ3n) is 2.23. The summed E-state index contributed by atoms with van der Waals surface area (Å²) < 4.78 is 42.0. The summed E-state index contributed by atoms with van der Waals surface area (Å²) in [5.41, 5.74) is 0.605. The topological polar surface area (TPSA) is 58.2 Å². The van der Waals surface area contributed by atoms with Gasteiger partial charge in [-0.15, -0.1) is 30.2 Å². The third-order valence-corrected chi connectivity index (χ3v) is 3.19. The number of aromatic nitrogens is 1. The molecule has 106 valence electrons. The minimum atomic E-state index is -4.73. The van der Waals surface area contributed by atoms with Crippen molar-refractivity contribution < 1.29 is 23.0 Å². The van der Waals surface area contributed by atoms with Crippen molar-refractivity contribution >= 4 is 38.5 Å². The summed E-state index contributed by atoms with van der Waals surface area (Å²) in [4.78, 5) is 0.170. The van der Waals surface area contributed by atoms with E-state index >= 15 is 0 Å². The first-order valence-electron chi connectivity index (χ1n) is 4.95. The maximum absolute atomic E-state index is 12.1. The summed E-state index contributed by atoms with van der Waals surface area (Å²) in [6.45, 7) is 0.0987. The number of aliphatic hydroxyl groups is 1. The molecular formula is C10H10BrF3N2O2S. The second kappa shape index (κ2) is 5.93. The van der Waals surface area contributed by atoms with E-state index in [-0.39, 0.29) is 40.7 Å². The molecule has 19 heavy (non-hydrogen) atoms. The Kier molecular flexibility index (Phi) is 4.99. The standard InChI is InChI=1S/C10H9F3N2O2S.BrH/c11-10(12,13)17-6-1-2-7-8(5-6)18-9(14)15(7)3-4-16;/h1-2,5,14,16H,3-4H2;1H. The van der Waals surface area contributed by atoms with E-state index in [1.165, 1.54) is 22.8 Å². The molecule has 1 aromatic carbocycles. The number of thiazole rings is 1. The summed E-state index contributed by atoms with van der Waals surface area (Å²) >= 11 is 1.03. The Hall–Kier alpha value is -1.06. The molecule has 0 atom stereocenters. The molecule has 1 aromatic heterocycles. The van der Waals surface area contributed by atoms with E-state index in [0.717, 1.165) is 11.3 Å². The molecule has 2 rings (SSSR count). The van der Waals surface area contributed by atoms with Gasteiger partial charge in [0.15, 0.2) is 4.80 Å². The van der Waals surface area contributed by atoms with Crippen molar-refractivity contribution in [3.8, 4) is 5.75 Å². The van der Waals surface area contributed by atoms with E-state index in [0.29, 0.717) is 10.2 Å². The predicted octanol–water partition coefficient (Wildman–Crippen LogP) is 2.65. The molecule has 0 saturated carbocycles. The highest BCUT2D eigenvalue weighted by Crippen LogP contribution is 2.27. The number of hydrogen-bond donors (Lipinski definition) is 2. The second-order valence-electron chi connectivity index (χ2n) is 3.46. The van der Waals surface area contributed by atoms with E-state index < -0.39 is 6.36 Å². The maximum Gasteiger partial charge on any atom is 0.573 e. The second-order valence-corrected chi connectivity index (χ2v) is 4.49. The van der Waals surface area contributed by atoms with Gasteiger partial charge in [-0.2, -0.15) is 0 Å². The number of hydrogen-bond acceptors (Lipinski definition) is 4. The molecule has 0 aliphatic rings. The molecular weight excluding hydrogens is 349 g/mol. The summed E-state index contributed by atoms with van der Waals surface area (Å²) in [6.07, 6.45) is -4.73. The zero-order valence-electron chi connectivity index (χ0n) is 9.40. The summed E-state index contributed by atoms with van der Waals surface area (Å²) in [6, 6.07) is 3.87. The minimum Gasteiger partial charge on any atom is -0.406 e. The van der Waals surface area contributed by atoms with Gasteiger partial charge in [-0.25, -0.2) is 0 Å². The molecule has 9 heteroatoms. The van der Waals surface area contributed by atoms with Crippen molar-refractivity contribution in [3.05, 3.63) is 23.0 Å². The summed E-state index contributed by atoms with van der Waals surface area (Å²) in [5, 5.41) is 16.5. The van der Waals surface area contributed by atoms with Crippen LogP contribution < -0.4 is 9.54 Å². The Morgan fingerprint density at radius 1 is 1.37 bits per heavy atom. The molecule has 0 aliphatic carbocycles. The van der Waals surface area contributed by atoms with Crippen molar-refractivity contribution in [2.24, 2.45) is 0 Å². The van der Waals surface area contributed by atoms with Gasteiger partial charge < -0.3 is 14.4 Å². The fraction of sp³-hybridized carbons (Fsp3) is 0.300. The molecule has 2 N–H and O–H groups in total. The van der Waals surface area contributed by atoms with Gasteiger partial charge in [-0.3, -0.25) is 5.41 Å². The zero-order valence-corrected chi connectivity index (χ0v) is 11.9. The van der Waals surface area contributed by atoms with Gasteiger partial charge in [0.2, 0.25) is 0 Å². The Morgan fingerprint density at radius 3 is 2.63 bits per heavy atom. The molecule has 0 spiro atoms. The molecule has 0 radical (unpaired) electrons. The van der Waals surface area contributed by atoms with Gasteiger partial charge in [0.05, 0.1) is 16.8 Å². The average Bonchev–Trinajstić information content (AvgIpc) is 2.53. The van der Waals surface area contributed by atoms with Gasteiger partial charge in [0, 0.05) is 6.54 Å². The van der Waals surface area contributed by atoms with E-state index in [1.54, 1.807) is 0 Å². The lowest BCUT2D eigenvalue weighted by Gasteiger charge is -2.08. The van der Waals surface area contributed by atoms with Crippen molar-refractivity contribution in [1.82, 2.24) is 4.57 Å². The molecule has 0 saturated heterocycles. The first-order valence-corrected chi connectivity index (χ1v) is 5.77. The molecule has 0 aliphatic heterocycles. The molecule has 0 unspecified atom stereocenters. The number of benzene rings is 1. The molecule has 0 fully saturated rings. The highest BCUT2D eigenvalue weighted by atomic mass is 79.9. The van der Waals surface area contributed by atoms with E-state index in [2.05, 4.69) is 4.74 Å². The monoisotopic (exact) mass is 358 g/mol. The van der Waals surface area contributed by atoms with Crippen LogP contribution >= 0.6 is 28.3 Å². The number of halogens is 4. The Morgan fingerprint density at radius 2 is 2.05 bits per heavy atom. The maximum atomic E-state index is 12.1. The quantitative estimate of drug-likeness (QED) is 0.885. The van der Waals surface area contributed by atoms with Crippen LogP contribution in [0.2, 0.25) is 0 Å². The van der Waals surface area contributed by atoms with Crippen LogP contribution in [0.3, 0.4) is 0 Å². The number of ether oxygens (including phenoxy) is 1. The highest BCUT2D eigenvalue weighted by molar-refractivity contribution is 8.93. The number of aliphatic hydroxyl groups excluding tert-OH is 1. The van der Waals surface area contributed by atoms with Crippen LogP contribution in [0.1, 0.15) is 0 Å². The van der Waals surface area contributed by atoms with Crippen LogP contribution in [-0.4, -0.2) is 22.6 Å². The number of fused-ring (bicyclic) bond motifs is 1. The highest BCUT2D eigenvalue weighted by Gasteiger charge is 2.31. The van der Waals surface area contributed by atoms with Crippen LogP contribution in [0.25, 0.3) is 10.2 Å². The largest absolute Gasteiger partial charge is 0.573 e. The van der Waals surface area contributed by atoms with E-state index in [4.69, 9.17) is 10.5 Å². The van der Waals surface area contributed by atoms with Crippen molar-refractivity contribution in [2.75, 3.05) is 6.61 Å².